The zero-order valence-corrected chi connectivity index (χ0v) is 18.2. The molecule has 1 aliphatic heterocycles. The molecule has 0 spiro atoms. The summed E-state index contributed by atoms with van der Waals surface area (Å²) in [5.41, 5.74) is 2.53. The van der Waals surface area contributed by atoms with Gasteiger partial charge in [0.1, 0.15) is 28.3 Å². The Balaban J connectivity index is 1.43. The molecule has 4 rings (SSSR count). The molecule has 3 aromatic rings. The fourth-order valence-corrected chi connectivity index (χ4v) is 4.40. The van der Waals surface area contributed by atoms with Crippen molar-refractivity contribution in [1.82, 2.24) is 9.88 Å². The van der Waals surface area contributed by atoms with Gasteiger partial charge in [0.05, 0.1) is 25.9 Å². The Bertz CT molecular complexity index is 1020. The van der Waals surface area contributed by atoms with Crippen molar-refractivity contribution in [3.63, 3.8) is 0 Å². The van der Waals surface area contributed by atoms with E-state index in [1.54, 1.807) is 19.1 Å². The number of methoxy groups -OCH3 is 1. The van der Waals surface area contributed by atoms with E-state index >= 15 is 0 Å². The van der Waals surface area contributed by atoms with Crippen molar-refractivity contribution in [1.29, 1.82) is 0 Å². The SMILES string of the molecule is CCN1CC(CN(C)C(=O)c2csc(-c3ccc(OC)cc3)n2)Oc2ccccc21. The summed E-state index contributed by atoms with van der Waals surface area (Å²) in [4.78, 5) is 21.5. The number of anilines is 1. The highest BCUT2D eigenvalue weighted by atomic mass is 32.1. The second kappa shape index (κ2) is 8.75. The molecule has 0 aliphatic carbocycles. The van der Waals surface area contributed by atoms with Gasteiger partial charge in [-0.2, -0.15) is 0 Å². The third-order valence-corrected chi connectivity index (χ3v) is 6.08. The average Bonchev–Trinajstić information content (AvgIpc) is 3.28. The molecule has 2 heterocycles. The summed E-state index contributed by atoms with van der Waals surface area (Å²) < 4.78 is 11.3. The lowest BCUT2D eigenvalue weighted by molar-refractivity contribution is 0.0705. The molecular weight excluding hydrogens is 398 g/mol. The van der Waals surface area contributed by atoms with Gasteiger partial charge in [-0.05, 0) is 43.3 Å². The van der Waals surface area contributed by atoms with Crippen molar-refractivity contribution in [3.8, 4) is 22.1 Å². The monoisotopic (exact) mass is 423 g/mol. The Morgan fingerprint density at radius 1 is 1.27 bits per heavy atom. The van der Waals surface area contributed by atoms with Gasteiger partial charge < -0.3 is 19.3 Å². The van der Waals surface area contributed by atoms with Crippen LogP contribution in [0.5, 0.6) is 11.5 Å². The van der Waals surface area contributed by atoms with E-state index in [1.807, 2.05) is 47.8 Å². The van der Waals surface area contributed by atoms with E-state index in [9.17, 15) is 4.79 Å². The smallest absolute Gasteiger partial charge is 0.273 e. The predicted octanol–water partition coefficient (Wildman–Crippen LogP) is 4.18. The van der Waals surface area contributed by atoms with Gasteiger partial charge in [0.25, 0.3) is 5.91 Å². The fourth-order valence-electron chi connectivity index (χ4n) is 3.60. The number of benzene rings is 2. The summed E-state index contributed by atoms with van der Waals surface area (Å²) in [5, 5.41) is 2.63. The predicted molar refractivity (Wildman–Crippen MR) is 120 cm³/mol. The van der Waals surface area contributed by atoms with Crippen LogP contribution in [-0.4, -0.2) is 55.7 Å². The van der Waals surface area contributed by atoms with Gasteiger partial charge in [-0.25, -0.2) is 4.98 Å². The van der Waals surface area contributed by atoms with Crippen LogP contribution in [0.15, 0.2) is 53.9 Å². The van der Waals surface area contributed by atoms with Crippen LogP contribution in [-0.2, 0) is 0 Å². The molecule has 0 saturated heterocycles. The molecule has 0 N–H and O–H groups in total. The number of hydrogen-bond donors (Lipinski definition) is 0. The van der Waals surface area contributed by atoms with Crippen LogP contribution in [0.3, 0.4) is 0 Å². The largest absolute Gasteiger partial charge is 0.497 e. The van der Waals surface area contributed by atoms with Crippen molar-refractivity contribution < 1.29 is 14.3 Å². The molecule has 1 atom stereocenters. The van der Waals surface area contributed by atoms with E-state index in [-0.39, 0.29) is 12.0 Å². The van der Waals surface area contributed by atoms with Crippen LogP contribution in [0.1, 0.15) is 17.4 Å². The quantitative estimate of drug-likeness (QED) is 0.595. The molecule has 1 unspecified atom stereocenters. The number of hydrogen-bond acceptors (Lipinski definition) is 6. The summed E-state index contributed by atoms with van der Waals surface area (Å²) in [6.07, 6.45) is -0.0894. The summed E-state index contributed by atoms with van der Waals surface area (Å²) in [6, 6.07) is 15.7. The Morgan fingerprint density at radius 3 is 2.77 bits per heavy atom. The minimum Gasteiger partial charge on any atom is -0.497 e. The number of thiazole rings is 1. The third kappa shape index (κ3) is 4.11. The number of carbonyl (C=O) groups is 1. The molecule has 1 aromatic heterocycles. The average molecular weight is 424 g/mol. The number of likely N-dealkylation sites (N-methyl/N-ethyl adjacent to an activating group) is 2. The van der Waals surface area contributed by atoms with E-state index in [1.165, 1.54) is 11.3 Å². The van der Waals surface area contributed by atoms with Gasteiger partial charge in [0, 0.05) is 24.5 Å². The molecule has 1 aliphatic rings. The van der Waals surface area contributed by atoms with E-state index in [2.05, 4.69) is 22.9 Å². The van der Waals surface area contributed by atoms with Crippen LogP contribution in [0.4, 0.5) is 5.69 Å². The van der Waals surface area contributed by atoms with Crippen LogP contribution in [0.25, 0.3) is 10.6 Å². The maximum absolute atomic E-state index is 12.9. The third-order valence-electron chi connectivity index (χ3n) is 5.19. The van der Waals surface area contributed by atoms with Gasteiger partial charge in [0.15, 0.2) is 0 Å². The Labute approximate surface area is 180 Å². The number of ether oxygens (including phenoxy) is 2. The molecular formula is C23H25N3O3S. The van der Waals surface area contributed by atoms with Gasteiger partial charge >= 0.3 is 0 Å². The topological polar surface area (TPSA) is 54.9 Å². The number of para-hydroxylation sites is 2. The van der Waals surface area contributed by atoms with Crippen LogP contribution >= 0.6 is 11.3 Å². The van der Waals surface area contributed by atoms with Crippen molar-refractivity contribution in [2.45, 2.75) is 13.0 Å². The van der Waals surface area contributed by atoms with Crippen molar-refractivity contribution in [2.75, 3.05) is 38.7 Å². The number of aromatic nitrogens is 1. The minimum atomic E-state index is -0.100. The summed E-state index contributed by atoms with van der Waals surface area (Å²) in [6.45, 7) is 4.27. The van der Waals surface area contributed by atoms with Crippen molar-refractivity contribution in [3.05, 3.63) is 59.6 Å². The fraction of sp³-hybridized carbons (Fsp3) is 0.304. The molecule has 6 nitrogen and oxygen atoms in total. The molecule has 7 heteroatoms. The van der Waals surface area contributed by atoms with Gasteiger partial charge in [-0.15, -0.1) is 11.3 Å². The standard InChI is InChI=1S/C23H25N3O3S/c1-4-26-14-18(29-21-8-6-5-7-20(21)26)13-25(2)23(27)19-15-30-22(24-19)16-9-11-17(28-3)12-10-16/h5-12,15,18H,4,13-14H2,1-3H3. The van der Waals surface area contributed by atoms with Crippen LogP contribution in [0.2, 0.25) is 0 Å². The van der Waals surface area contributed by atoms with E-state index in [0.717, 1.165) is 40.8 Å². The van der Waals surface area contributed by atoms with Crippen LogP contribution in [0, 0.1) is 0 Å². The molecule has 0 radical (unpaired) electrons. The molecule has 30 heavy (non-hydrogen) atoms. The lowest BCUT2D eigenvalue weighted by atomic mass is 10.2. The van der Waals surface area contributed by atoms with Gasteiger partial charge in [-0.1, -0.05) is 12.1 Å². The minimum absolute atomic E-state index is 0.0894. The zero-order valence-electron chi connectivity index (χ0n) is 17.4. The maximum Gasteiger partial charge on any atom is 0.273 e. The zero-order chi connectivity index (χ0) is 21.1. The highest BCUT2D eigenvalue weighted by molar-refractivity contribution is 7.13. The van der Waals surface area contributed by atoms with Crippen LogP contribution < -0.4 is 14.4 Å². The first-order chi connectivity index (χ1) is 14.6. The Morgan fingerprint density at radius 2 is 2.03 bits per heavy atom. The molecule has 156 valence electrons. The number of amides is 1. The highest BCUT2D eigenvalue weighted by Gasteiger charge is 2.27. The van der Waals surface area contributed by atoms with E-state index in [0.29, 0.717) is 12.2 Å². The highest BCUT2D eigenvalue weighted by Crippen LogP contribution is 2.33. The maximum atomic E-state index is 12.9. The van der Waals surface area contributed by atoms with Gasteiger partial charge in [0.2, 0.25) is 0 Å². The number of fused-ring (bicyclic) bond motifs is 1. The summed E-state index contributed by atoms with van der Waals surface area (Å²) >= 11 is 1.46. The first kappa shape index (κ1) is 20.2. The van der Waals surface area contributed by atoms with Crippen molar-refractivity contribution >= 4 is 22.9 Å². The Kier molecular flexibility index (Phi) is 5.90. The first-order valence-electron chi connectivity index (χ1n) is 9.95. The van der Waals surface area contributed by atoms with Gasteiger partial charge in [-0.3, -0.25) is 4.79 Å². The number of rotatable bonds is 6. The second-order valence-electron chi connectivity index (χ2n) is 7.20. The normalized spacial score (nSPS) is 15.3. The molecule has 1 amide bonds. The lowest BCUT2D eigenvalue weighted by Crippen LogP contribution is -2.46. The van der Waals surface area contributed by atoms with Crippen molar-refractivity contribution in [2.24, 2.45) is 0 Å². The molecule has 0 bridgehead atoms. The molecule has 0 saturated carbocycles. The molecule has 0 fully saturated rings. The van der Waals surface area contributed by atoms with E-state index in [4.69, 9.17) is 9.47 Å². The Hall–Kier alpha value is -3.06. The molecule has 2 aromatic carbocycles. The number of nitrogens with zero attached hydrogens (tertiary/aromatic N) is 3. The number of carbonyl (C=O) groups excluding carboxylic acids is 1. The summed E-state index contributed by atoms with van der Waals surface area (Å²) in [7, 11) is 3.44. The van der Waals surface area contributed by atoms with E-state index < -0.39 is 0 Å². The lowest BCUT2D eigenvalue weighted by Gasteiger charge is -2.37. The summed E-state index contributed by atoms with van der Waals surface area (Å²) in [5.74, 6) is 1.56. The second-order valence-corrected chi connectivity index (χ2v) is 8.06. The first-order valence-corrected chi connectivity index (χ1v) is 10.8.